The molecule has 0 saturated heterocycles. The number of carbonyl (C=O) groups is 1. The molecule has 0 spiro atoms. The summed E-state index contributed by atoms with van der Waals surface area (Å²) in [5.41, 5.74) is 1.28. The van der Waals surface area contributed by atoms with Gasteiger partial charge in [-0.25, -0.2) is 4.68 Å². The Kier molecular flexibility index (Phi) is 4.21. The molecule has 2 heterocycles. The molecular formula is C14H10ClF3N6O. The highest BCUT2D eigenvalue weighted by molar-refractivity contribution is 6.30. The van der Waals surface area contributed by atoms with E-state index < -0.39 is 23.9 Å². The summed E-state index contributed by atoms with van der Waals surface area (Å²) < 4.78 is 38.9. The highest BCUT2D eigenvalue weighted by Crippen LogP contribution is 2.26. The Labute approximate surface area is 143 Å². The van der Waals surface area contributed by atoms with Gasteiger partial charge >= 0.3 is 6.18 Å². The molecule has 1 amide bonds. The van der Waals surface area contributed by atoms with Crippen molar-refractivity contribution in [3.8, 4) is 5.69 Å². The number of alkyl halides is 3. The SMILES string of the molecule is Cc1c(C(=O)Nc2n[nH]c(C(F)(F)F)n2)cnn1-c1cccc(Cl)c1. The second-order valence-electron chi connectivity index (χ2n) is 4.99. The lowest BCUT2D eigenvalue weighted by Crippen LogP contribution is -2.14. The van der Waals surface area contributed by atoms with Gasteiger partial charge in [0.25, 0.3) is 5.91 Å². The topological polar surface area (TPSA) is 88.5 Å². The van der Waals surface area contributed by atoms with E-state index in [-0.39, 0.29) is 5.56 Å². The normalized spacial score (nSPS) is 11.6. The molecule has 0 fully saturated rings. The first kappa shape index (κ1) is 17.0. The maximum Gasteiger partial charge on any atom is 0.451 e. The number of amides is 1. The molecule has 1 aromatic carbocycles. The summed E-state index contributed by atoms with van der Waals surface area (Å²) in [5.74, 6) is -2.46. The Bertz CT molecular complexity index is 933. The Morgan fingerprint density at radius 3 is 2.76 bits per heavy atom. The van der Waals surface area contributed by atoms with Crippen molar-refractivity contribution in [3.63, 3.8) is 0 Å². The van der Waals surface area contributed by atoms with Crippen LogP contribution in [-0.4, -0.2) is 30.9 Å². The second kappa shape index (κ2) is 6.20. The fraction of sp³-hybridized carbons (Fsp3) is 0.143. The predicted molar refractivity (Wildman–Crippen MR) is 82.6 cm³/mol. The summed E-state index contributed by atoms with van der Waals surface area (Å²) in [6, 6.07) is 6.83. The summed E-state index contributed by atoms with van der Waals surface area (Å²) >= 11 is 5.93. The maximum atomic E-state index is 12.5. The van der Waals surface area contributed by atoms with Crippen LogP contribution in [0.15, 0.2) is 30.5 Å². The second-order valence-corrected chi connectivity index (χ2v) is 5.43. The molecule has 0 unspecified atom stereocenters. The number of nitrogens with one attached hydrogen (secondary N) is 2. The maximum absolute atomic E-state index is 12.5. The van der Waals surface area contributed by atoms with Crippen LogP contribution >= 0.6 is 11.6 Å². The summed E-state index contributed by atoms with van der Waals surface area (Å²) in [7, 11) is 0. The fourth-order valence-corrected chi connectivity index (χ4v) is 2.30. The van der Waals surface area contributed by atoms with E-state index in [1.807, 2.05) is 0 Å². The van der Waals surface area contributed by atoms with E-state index in [1.165, 1.54) is 10.9 Å². The molecule has 3 aromatic rings. The van der Waals surface area contributed by atoms with E-state index in [9.17, 15) is 18.0 Å². The lowest BCUT2D eigenvalue weighted by molar-refractivity contribution is -0.144. The summed E-state index contributed by atoms with van der Waals surface area (Å²) in [6.07, 6.45) is -3.38. The average molecular weight is 371 g/mol. The van der Waals surface area contributed by atoms with Crippen molar-refractivity contribution < 1.29 is 18.0 Å². The first-order valence-electron chi connectivity index (χ1n) is 6.87. The zero-order valence-electron chi connectivity index (χ0n) is 12.6. The minimum absolute atomic E-state index is 0.165. The van der Waals surface area contributed by atoms with Gasteiger partial charge < -0.3 is 0 Å². The van der Waals surface area contributed by atoms with Gasteiger partial charge in [0, 0.05) is 5.02 Å². The van der Waals surface area contributed by atoms with E-state index in [2.05, 4.69) is 20.5 Å². The number of halogens is 4. The van der Waals surface area contributed by atoms with Gasteiger partial charge in [-0.15, -0.1) is 5.10 Å². The van der Waals surface area contributed by atoms with Crippen LogP contribution in [0.25, 0.3) is 5.69 Å². The third kappa shape index (κ3) is 3.48. The van der Waals surface area contributed by atoms with Crippen LogP contribution in [0.1, 0.15) is 21.9 Å². The van der Waals surface area contributed by atoms with Gasteiger partial charge in [0.1, 0.15) is 0 Å². The van der Waals surface area contributed by atoms with Crippen molar-refractivity contribution in [3.05, 3.63) is 52.6 Å². The molecule has 2 aromatic heterocycles. The van der Waals surface area contributed by atoms with Gasteiger partial charge in [-0.1, -0.05) is 17.7 Å². The van der Waals surface area contributed by atoms with Crippen molar-refractivity contribution >= 4 is 23.5 Å². The Balaban J connectivity index is 1.83. The number of H-pyrrole nitrogens is 1. The van der Waals surface area contributed by atoms with Gasteiger partial charge in [0.05, 0.1) is 23.1 Å². The molecule has 0 aliphatic heterocycles. The average Bonchev–Trinajstić information content (AvgIpc) is 3.13. The number of aromatic nitrogens is 5. The number of benzene rings is 1. The summed E-state index contributed by atoms with van der Waals surface area (Å²) in [6.45, 7) is 1.64. The molecule has 0 aliphatic carbocycles. The highest BCUT2D eigenvalue weighted by atomic mass is 35.5. The monoisotopic (exact) mass is 370 g/mol. The lowest BCUT2D eigenvalue weighted by Gasteiger charge is -2.05. The highest BCUT2D eigenvalue weighted by Gasteiger charge is 2.35. The quantitative estimate of drug-likeness (QED) is 0.741. The van der Waals surface area contributed by atoms with Crippen molar-refractivity contribution in [2.75, 3.05) is 5.32 Å². The van der Waals surface area contributed by atoms with Crippen molar-refractivity contribution in [2.24, 2.45) is 0 Å². The smallest absolute Gasteiger partial charge is 0.289 e. The zero-order valence-corrected chi connectivity index (χ0v) is 13.4. The molecule has 11 heteroatoms. The number of anilines is 1. The molecule has 25 heavy (non-hydrogen) atoms. The first-order chi connectivity index (χ1) is 11.8. The minimum Gasteiger partial charge on any atom is -0.289 e. The molecule has 7 nitrogen and oxygen atoms in total. The molecule has 0 atom stereocenters. The van der Waals surface area contributed by atoms with Gasteiger partial charge in [-0.3, -0.25) is 15.2 Å². The van der Waals surface area contributed by atoms with E-state index in [1.54, 1.807) is 36.3 Å². The van der Waals surface area contributed by atoms with E-state index in [4.69, 9.17) is 11.6 Å². The van der Waals surface area contributed by atoms with Gasteiger partial charge in [-0.05, 0) is 25.1 Å². The summed E-state index contributed by atoms with van der Waals surface area (Å²) in [5, 5.41) is 11.8. The van der Waals surface area contributed by atoms with Crippen LogP contribution < -0.4 is 5.32 Å². The molecule has 0 aliphatic rings. The number of carbonyl (C=O) groups excluding carboxylic acids is 1. The van der Waals surface area contributed by atoms with E-state index in [0.29, 0.717) is 16.4 Å². The van der Waals surface area contributed by atoms with Crippen LogP contribution in [0.5, 0.6) is 0 Å². The summed E-state index contributed by atoms with van der Waals surface area (Å²) in [4.78, 5) is 15.4. The van der Waals surface area contributed by atoms with Crippen molar-refractivity contribution in [2.45, 2.75) is 13.1 Å². The zero-order chi connectivity index (χ0) is 18.2. The molecule has 0 radical (unpaired) electrons. The van der Waals surface area contributed by atoms with Crippen LogP contribution in [0.3, 0.4) is 0 Å². The molecule has 2 N–H and O–H groups in total. The molecule has 130 valence electrons. The largest absolute Gasteiger partial charge is 0.451 e. The number of rotatable bonds is 3. The number of hydrogen-bond acceptors (Lipinski definition) is 4. The molecular weight excluding hydrogens is 361 g/mol. The van der Waals surface area contributed by atoms with Gasteiger partial charge in [0.2, 0.25) is 11.8 Å². The van der Waals surface area contributed by atoms with Crippen molar-refractivity contribution in [1.29, 1.82) is 0 Å². The van der Waals surface area contributed by atoms with E-state index >= 15 is 0 Å². The van der Waals surface area contributed by atoms with Gasteiger partial charge in [0.15, 0.2) is 0 Å². The lowest BCUT2D eigenvalue weighted by atomic mass is 10.2. The first-order valence-corrected chi connectivity index (χ1v) is 7.25. The van der Waals surface area contributed by atoms with E-state index in [0.717, 1.165) is 0 Å². The van der Waals surface area contributed by atoms with Crippen LogP contribution in [0, 0.1) is 6.92 Å². The number of aromatic amines is 1. The Morgan fingerprint density at radius 1 is 1.36 bits per heavy atom. The van der Waals surface area contributed by atoms with Crippen molar-refractivity contribution in [1.82, 2.24) is 25.0 Å². The predicted octanol–water partition coefficient (Wildman–Crippen LogP) is 3.22. The minimum atomic E-state index is -4.68. The molecule has 0 saturated carbocycles. The third-order valence-corrected chi connectivity index (χ3v) is 3.52. The number of nitrogens with zero attached hydrogens (tertiary/aromatic N) is 4. The molecule has 3 rings (SSSR count). The van der Waals surface area contributed by atoms with Gasteiger partial charge in [-0.2, -0.15) is 23.3 Å². The fourth-order valence-electron chi connectivity index (χ4n) is 2.11. The van der Waals surface area contributed by atoms with Crippen LogP contribution in [0.4, 0.5) is 19.1 Å². The number of hydrogen-bond donors (Lipinski definition) is 2. The Morgan fingerprint density at radius 2 is 2.12 bits per heavy atom. The third-order valence-electron chi connectivity index (χ3n) is 3.29. The molecule has 0 bridgehead atoms. The Hall–Kier alpha value is -2.88. The standard InChI is InChI=1S/C14H10ClF3N6O/c1-7-10(6-19-24(7)9-4-2-3-8(15)5-9)11(25)20-13-21-12(22-23-13)14(16,17)18/h2-6H,1H3,(H2,20,21,22,23,25). The van der Waals surface area contributed by atoms with Crippen LogP contribution in [0.2, 0.25) is 5.02 Å². The van der Waals surface area contributed by atoms with Crippen LogP contribution in [-0.2, 0) is 6.18 Å².